The fraction of sp³-hybridized carbons (Fsp3) is 0.211. The Balaban J connectivity index is 1.66. The lowest BCUT2D eigenvalue weighted by atomic mass is 10.2. The molecule has 1 aliphatic heterocycles. The van der Waals surface area contributed by atoms with E-state index in [1.54, 1.807) is 35.9 Å². The van der Waals surface area contributed by atoms with Crippen LogP contribution in [0.2, 0.25) is 0 Å². The number of likely N-dealkylation sites (N-methyl/N-ethyl adjacent to an activating group) is 1. The van der Waals surface area contributed by atoms with Crippen molar-refractivity contribution in [2.75, 3.05) is 36.5 Å². The van der Waals surface area contributed by atoms with E-state index < -0.39 is 0 Å². The first kappa shape index (κ1) is 17.0. The summed E-state index contributed by atoms with van der Waals surface area (Å²) >= 11 is 0. The van der Waals surface area contributed by atoms with Crippen molar-refractivity contribution in [3.05, 3.63) is 61.3 Å². The topological polar surface area (TPSA) is 78.3 Å². The number of amides is 1. The minimum absolute atomic E-state index is 0.0776. The first-order valence-corrected chi connectivity index (χ1v) is 8.64. The molecule has 0 aromatic carbocycles. The van der Waals surface area contributed by atoms with Gasteiger partial charge in [0, 0.05) is 31.7 Å². The van der Waals surface area contributed by atoms with Crippen LogP contribution in [0.3, 0.4) is 0 Å². The Labute approximate surface area is 157 Å². The standard InChI is InChI=1S/C19H19N7O/c1-24-10-11-25(19(27)14-24)15-5-6-17(23-12-15)26(16-4-2-3-7-21-16)18-13-20-8-9-22-18/h2-9,12-13H,10-11,14H2,1H3. The monoisotopic (exact) mass is 361 g/mol. The van der Waals surface area contributed by atoms with Gasteiger partial charge in [-0.1, -0.05) is 6.07 Å². The second kappa shape index (κ2) is 7.46. The Morgan fingerprint density at radius 3 is 2.41 bits per heavy atom. The van der Waals surface area contributed by atoms with Crippen molar-refractivity contribution >= 4 is 29.0 Å². The van der Waals surface area contributed by atoms with Gasteiger partial charge in [0.1, 0.15) is 11.6 Å². The van der Waals surface area contributed by atoms with Crippen molar-refractivity contribution in [1.29, 1.82) is 0 Å². The molecule has 0 saturated carbocycles. The number of aromatic nitrogens is 4. The van der Waals surface area contributed by atoms with E-state index in [-0.39, 0.29) is 5.91 Å². The quantitative estimate of drug-likeness (QED) is 0.703. The molecule has 27 heavy (non-hydrogen) atoms. The fourth-order valence-corrected chi connectivity index (χ4v) is 2.98. The molecule has 0 N–H and O–H groups in total. The van der Waals surface area contributed by atoms with Crippen molar-refractivity contribution in [1.82, 2.24) is 24.8 Å². The van der Waals surface area contributed by atoms with Gasteiger partial charge in [-0.15, -0.1) is 0 Å². The van der Waals surface area contributed by atoms with Gasteiger partial charge in [0.25, 0.3) is 0 Å². The average Bonchev–Trinajstić information content (AvgIpc) is 2.71. The van der Waals surface area contributed by atoms with Crippen LogP contribution in [-0.2, 0) is 4.79 Å². The second-order valence-corrected chi connectivity index (χ2v) is 6.24. The Kier molecular flexibility index (Phi) is 4.71. The number of piperazine rings is 1. The lowest BCUT2D eigenvalue weighted by Crippen LogP contribution is -2.48. The van der Waals surface area contributed by atoms with Crippen LogP contribution in [0.1, 0.15) is 0 Å². The molecule has 0 aliphatic carbocycles. The molecule has 4 rings (SSSR count). The van der Waals surface area contributed by atoms with Gasteiger partial charge in [-0.3, -0.25) is 19.6 Å². The molecular formula is C19H19N7O. The zero-order valence-corrected chi connectivity index (χ0v) is 14.9. The Hall–Kier alpha value is -3.39. The zero-order valence-electron chi connectivity index (χ0n) is 14.9. The van der Waals surface area contributed by atoms with E-state index in [1.807, 2.05) is 47.2 Å². The average molecular weight is 361 g/mol. The summed E-state index contributed by atoms with van der Waals surface area (Å²) in [5.74, 6) is 2.04. The van der Waals surface area contributed by atoms with E-state index >= 15 is 0 Å². The highest BCUT2D eigenvalue weighted by Gasteiger charge is 2.23. The van der Waals surface area contributed by atoms with E-state index in [0.29, 0.717) is 30.5 Å². The Morgan fingerprint density at radius 1 is 0.889 bits per heavy atom. The molecule has 136 valence electrons. The molecule has 1 saturated heterocycles. The lowest BCUT2D eigenvalue weighted by molar-refractivity contribution is -0.120. The van der Waals surface area contributed by atoms with E-state index in [2.05, 4.69) is 19.9 Å². The number of nitrogens with zero attached hydrogens (tertiary/aromatic N) is 7. The van der Waals surface area contributed by atoms with Crippen LogP contribution in [-0.4, -0.2) is 57.4 Å². The van der Waals surface area contributed by atoms with E-state index in [4.69, 9.17) is 0 Å². The summed E-state index contributed by atoms with van der Waals surface area (Å²) in [6.07, 6.45) is 8.34. The van der Waals surface area contributed by atoms with Crippen LogP contribution in [0, 0.1) is 0 Å². The summed E-state index contributed by atoms with van der Waals surface area (Å²) in [7, 11) is 1.95. The van der Waals surface area contributed by atoms with Gasteiger partial charge in [0.15, 0.2) is 5.82 Å². The largest absolute Gasteiger partial charge is 0.308 e. The molecule has 0 bridgehead atoms. The predicted octanol–water partition coefficient (Wildman–Crippen LogP) is 2.01. The SMILES string of the molecule is CN1CCN(c2ccc(N(c3ccccn3)c3cnccn3)nc2)C(=O)C1. The summed E-state index contributed by atoms with van der Waals surface area (Å²) in [4.78, 5) is 35.4. The molecule has 1 fully saturated rings. The molecule has 0 radical (unpaired) electrons. The van der Waals surface area contributed by atoms with Crippen molar-refractivity contribution in [2.24, 2.45) is 0 Å². The van der Waals surface area contributed by atoms with Gasteiger partial charge in [-0.2, -0.15) is 0 Å². The fourth-order valence-electron chi connectivity index (χ4n) is 2.98. The maximum Gasteiger partial charge on any atom is 0.241 e. The zero-order chi connectivity index (χ0) is 18.6. The third-order valence-electron chi connectivity index (χ3n) is 4.34. The molecule has 0 atom stereocenters. The summed E-state index contributed by atoms with van der Waals surface area (Å²) in [5.41, 5.74) is 0.789. The minimum atomic E-state index is 0.0776. The molecule has 0 unspecified atom stereocenters. The van der Waals surface area contributed by atoms with Gasteiger partial charge >= 0.3 is 0 Å². The molecule has 3 aromatic rings. The van der Waals surface area contributed by atoms with Crippen molar-refractivity contribution in [2.45, 2.75) is 0 Å². The number of hydrogen-bond donors (Lipinski definition) is 0. The van der Waals surface area contributed by atoms with Crippen molar-refractivity contribution < 1.29 is 4.79 Å². The summed E-state index contributed by atoms with van der Waals surface area (Å²) in [6, 6.07) is 9.41. The highest BCUT2D eigenvalue weighted by Crippen LogP contribution is 2.30. The van der Waals surface area contributed by atoms with Gasteiger partial charge in [-0.25, -0.2) is 15.0 Å². The third-order valence-corrected chi connectivity index (χ3v) is 4.34. The number of carbonyl (C=O) groups excluding carboxylic acids is 1. The molecule has 8 nitrogen and oxygen atoms in total. The number of anilines is 4. The summed E-state index contributed by atoms with van der Waals surface area (Å²) < 4.78 is 0. The van der Waals surface area contributed by atoms with E-state index in [1.165, 1.54) is 0 Å². The van der Waals surface area contributed by atoms with Crippen LogP contribution in [0.5, 0.6) is 0 Å². The van der Waals surface area contributed by atoms with Crippen LogP contribution in [0.25, 0.3) is 0 Å². The van der Waals surface area contributed by atoms with Crippen LogP contribution < -0.4 is 9.80 Å². The maximum absolute atomic E-state index is 12.3. The van der Waals surface area contributed by atoms with Crippen molar-refractivity contribution in [3.8, 4) is 0 Å². The summed E-state index contributed by atoms with van der Waals surface area (Å²) in [5, 5.41) is 0. The molecule has 0 spiro atoms. The first-order valence-electron chi connectivity index (χ1n) is 8.64. The van der Waals surface area contributed by atoms with Gasteiger partial charge in [-0.05, 0) is 31.3 Å². The molecule has 8 heteroatoms. The maximum atomic E-state index is 12.3. The smallest absolute Gasteiger partial charge is 0.241 e. The van der Waals surface area contributed by atoms with E-state index in [9.17, 15) is 4.79 Å². The lowest BCUT2D eigenvalue weighted by Gasteiger charge is -2.32. The van der Waals surface area contributed by atoms with Crippen LogP contribution in [0.4, 0.5) is 23.1 Å². The number of rotatable bonds is 4. The number of carbonyl (C=O) groups is 1. The Morgan fingerprint density at radius 2 is 1.74 bits per heavy atom. The second-order valence-electron chi connectivity index (χ2n) is 6.24. The van der Waals surface area contributed by atoms with Gasteiger partial charge in [0.05, 0.1) is 24.6 Å². The molecule has 3 aromatic heterocycles. The highest BCUT2D eigenvalue weighted by molar-refractivity contribution is 5.95. The molecule has 1 amide bonds. The predicted molar refractivity (Wildman–Crippen MR) is 102 cm³/mol. The third kappa shape index (κ3) is 3.61. The van der Waals surface area contributed by atoms with Crippen LogP contribution in [0.15, 0.2) is 61.3 Å². The molecule has 1 aliphatic rings. The number of pyridine rings is 2. The van der Waals surface area contributed by atoms with Gasteiger partial charge in [0.2, 0.25) is 5.91 Å². The highest BCUT2D eigenvalue weighted by atomic mass is 16.2. The Bertz CT molecular complexity index is 863. The van der Waals surface area contributed by atoms with Crippen molar-refractivity contribution in [3.63, 3.8) is 0 Å². The minimum Gasteiger partial charge on any atom is -0.308 e. The number of hydrogen-bond acceptors (Lipinski definition) is 7. The molecular weight excluding hydrogens is 342 g/mol. The normalized spacial score (nSPS) is 15.0. The van der Waals surface area contributed by atoms with Gasteiger partial charge < -0.3 is 4.90 Å². The first-order chi connectivity index (χ1) is 13.2. The van der Waals surface area contributed by atoms with Crippen LogP contribution >= 0.6 is 0 Å². The molecule has 4 heterocycles. The summed E-state index contributed by atoms with van der Waals surface area (Å²) in [6.45, 7) is 1.92. The van der Waals surface area contributed by atoms with E-state index in [0.717, 1.165) is 12.2 Å².